The Hall–Kier alpha value is -1.42. The Morgan fingerprint density at radius 1 is 1.06 bits per heavy atom. The van der Waals surface area contributed by atoms with E-state index < -0.39 is 16.0 Å². The predicted molar refractivity (Wildman–Crippen MR) is 139 cm³/mol. The van der Waals surface area contributed by atoms with Gasteiger partial charge in [-0.3, -0.25) is 9.69 Å². The van der Waals surface area contributed by atoms with E-state index in [1.807, 2.05) is 48.5 Å². The highest BCUT2D eigenvalue weighted by Crippen LogP contribution is 2.42. The molecule has 7 nitrogen and oxygen atoms in total. The van der Waals surface area contributed by atoms with Crippen molar-refractivity contribution in [3.05, 3.63) is 70.8 Å². The smallest absolute Gasteiger partial charge is 0.272 e. The SMILES string of the molecule is C[C@@H]1[C@H](CN2CC[C@H](O)C2)O[C@H](c2ccc(CNC(=O)C(Cl)(Cl)Cl)cc2)O[C@@H]1c1ccc(CO)cc1. The number of hydrogen-bond donors (Lipinski definition) is 3. The van der Waals surface area contributed by atoms with Gasteiger partial charge in [-0.25, -0.2) is 0 Å². The van der Waals surface area contributed by atoms with Crippen LogP contribution >= 0.6 is 34.8 Å². The zero-order valence-electron chi connectivity index (χ0n) is 19.9. The number of likely N-dealkylation sites (tertiary alicyclic amines) is 1. The monoisotopic (exact) mass is 556 g/mol. The number of nitrogens with one attached hydrogen (secondary N) is 1. The molecular formula is C26H31Cl3N2O5. The van der Waals surface area contributed by atoms with Crippen molar-refractivity contribution in [1.29, 1.82) is 0 Å². The van der Waals surface area contributed by atoms with E-state index in [-0.39, 0.29) is 37.4 Å². The number of aliphatic hydroxyl groups excluding tert-OH is 2. The van der Waals surface area contributed by atoms with Gasteiger partial charge >= 0.3 is 0 Å². The highest BCUT2D eigenvalue weighted by atomic mass is 35.6. The highest BCUT2D eigenvalue weighted by molar-refractivity contribution is 6.76. The van der Waals surface area contributed by atoms with Gasteiger partial charge in [0.05, 0.1) is 24.9 Å². The maximum Gasteiger partial charge on any atom is 0.272 e. The Morgan fingerprint density at radius 3 is 2.28 bits per heavy atom. The van der Waals surface area contributed by atoms with E-state index in [2.05, 4.69) is 17.1 Å². The van der Waals surface area contributed by atoms with Gasteiger partial charge in [0.15, 0.2) is 6.29 Å². The van der Waals surface area contributed by atoms with Crippen LogP contribution in [-0.2, 0) is 27.4 Å². The second-order valence-corrected chi connectivity index (χ2v) is 11.7. The molecule has 0 aromatic heterocycles. The Bertz CT molecular complexity index is 1020. The van der Waals surface area contributed by atoms with Crippen LogP contribution in [0.25, 0.3) is 0 Å². The number of benzene rings is 2. The first-order valence-electron chi connectivity index (χ1n) is 12.0. The molecule has 0 radical (unpaired) electrons. The fourth-order valence-corrected chi connectivity index (χ4v) is 4.84. The standard InChI is InChI=1S/C26H31Cl3N2O5/c1-16-22(14-31-11-10-21(33)13-31)35-24(36-23(16)19-6-4-18(15-32)5-7-19)20-8-2-17(3-9-20)12-30-25(34)26(27,28)29/h2-9,16,21-24,32-33H,10-15H2,1H3,(H,30,34)/t16-,21+,22+,23+,24+/m1/s1. The molecular weight excluding hydrogens is 527 g/mol. The zero-order valence-corrected chi connectivity index (χ0v) is 22.2. The van der Waals surface area contributed by atoms with Gasteiger partial charge in [0, 0.05) is 37.7 Å². The van der Waals surface area contributed by atoms with Gasteiger partial charge in [-0.05, 0) is 23.1 Å². The van der Waals surface area contributed by atoms with Crippen molar-refractivity contribution in [3.8, 4) is 0 Å². The number of carbonyl (C=O) groups excluding carboxylic acids is 1. The maximum absolute atomic E-state index is 11.8. The number of halogens is 3. The van der Waals surface area contributed by atoms with E-state index >= 15 is 0 Å². The summed E-state index contributed by atoms with van der Waals surface area (Å²) < 4.78 is 10.9. The largest absolute Gasteiger partial charge is 0.392 e. The third-order valence-electron chi connectivity index (χ3n) is 6.77. The van der Waals surface area contributed by atoms with Crippen molar-refractivity contribution in [1.82, 2.24) is 10.2 Å². The van der Waals surface area contributed by atoms with Gasteiger partial charge in [0.1, 0.15) is 0 Å². The van der Waals surface area contributed by atoms with Crippen LogP contribution in [0.2, 0.25) is 0 Å². The van der Waals surface area contributed by atoms with Crippen LogP contribution in [-0.4, -0.2) is 56.7 Å². The molecule has 4 rings (SSSR count). The lowest BCUT2D eigenvalue weighted by Gasteiger charge is -2.42. The minimum atomic E-state index is -2.01. The third-order valence-corrected chi connectivity index (χ3v) is 7.29. The third kappa shape index (κ3) is 6.91. The summed E-state index contributed by atoms with van der Waals surface area (Å²) in [5.41, 5.74) is 3.55. The first-order chi connectivity index (χ1) is 17.1. The summed E-state index contributed by atoms with van der Waals surface area (Å²) >= 11 is 16.8. The summed E-state index contributed by atoms with van der Waals surface area (Å²) in [6.45, 7) is 4.50. The van der Waals surface area contributed by atoms with Crippen LogP contribution in [0.1, 0.15) is 48.0 Å². The molecule has 2 aliphatic rings. The summed E-state index contributed by atoms with van der Waals surface area (Å²) in [6, 6.07) is 15.3. The minimum absolute atomic E-state index is 0.0124. The van der Waals surface area contributed by atoms with Gasteiger partial charge in [-0.2, -0.15) is 0 Å². The summed E-state index contributed by atoms with van der Waals surface area (Å²) in [5, 5.41) is 22.0. The molecule has 0 unspecified atom stereocenters. The molecule has 2 saturated heterocycles. The quantitative estimate of drug-likeness (QED) is 0.446. The Kier molecular flexibility index (Phi) is 9.18. The Labute approximate surface area is 226 Å². The first-order valence-corrected chi connectivity index (χ1v) is 13.1. The van der Waals surface area contributed by atoms with Crippen LogP contribution in [0.4, 0.5) is 0 Å². The van der Waals surface area contributed by atoms with E-state index in [1.54, 1.807) is 0 Å². The van der Waals surface area contributed by atoms with Gasteiger partial charge in [0.25, 0.3) is 9.70 Å². The average Bonchev–Trinajstić information content (AvgIpc) is 3.28. The van der Waals surface area contributed by atoms with Crippen LogP contribution in [0, 0.1) is 5.92 Å². The molecule has 1 amide bonds. The van der Waals surface area contributed by atoms with Crippen LogP contribution in [0.15, 0.2) is 48.5 Å². The number of carbonyl (C=O) groups is 1. The summed E-state index contributed by atoms with van der Waals surface area (Å²) in [6.07, 6.45) is -0.445. The summed E-state index contributed by atoms with van der Waals surface area (Å²) in [5.74, 6) is -0.621. The number of ether oxygens (including phenoxy) is 2. The van der Waals surface area contributed by atoms with E-state index in [1.165, 1.54) is 0 Å². The molecule has 0 spiro atoms. The normalized spacial score (nSPS) is 27.2. The molecule has 5 atom stereocenters. The van der Waals surface area contributed by atoms with Gasteiger partial charge < -0.3 is 25.0 Å². The maximum atomic E-state index is 11.8. The first kappa shape index (κ1) is 27.6. The molecule has 0 aliphatic carbocycles. The number of β-amino-alcohol motifs (C(OH)–C–C–N with tert-alkyl or cyclic N) is 1. The van der Waals surface area contributed by atoms with E-state index in [0.717, 1.165) is 35.2 Å². The van der Waals surface area contributed by atoms with Crippen LogP contribution < -0.4 is 5.32 Å². The predicted octanol–water partition coefficient (Wildman–Crippen LogP) is 4.02. The molecule has 2 aromatic rings. The molecule has 2 fully saturated rings. The van der Waals surface area contributed by atoms with Gasteiger partial charge in [0.2, 0.25) is 0 Å². The lowest BCUT2D eigenvalue weighted by atomic mass is 9.90. The van der Waals surface area contributed by atoms with Crippen LogP contribution in [0.5, 0.6) is 0 Å². The van der Waals surface area contributed by atoms with Crippen molar-refractivity contribution < 1.29 is 24.5 Å². The van der Waals surface area contributed by atoms with Crippen molar-refractivity contribution in [2.24, 2.45) is 5.92 Å². The molecule has 2 heterocycles. The number of amides is 1. The highest BCUT2D eigenvalue weighted by Gasteiger charge is 2.40. The minimum Gasteiger partial charge on any atom is -0.392 e. The summed E-state index contributed by atoms with van der Waals surface area (Å²) in [4.78, 5) is 14.0. The molecule has 0 bridgehead atoms. The topological polar surface area (TPSA) is 91.3 Å². The molecule has 36 heavy (non-hydrogen) atoms. The lowest BCUT2D eigenvalue weighted by Crippen LogP contribution is -2.44. The van der Waals surface area contributed by atoms with E-state index in [0.29, 0.717) is 13.1 Å². The van der Waals surface area contributed by atoms with Crippen molar-refractivity contribution >= 4 is 40.7 Å². The number of nitrogens with zero attached hydrogens (tertiary/aromatic N) is 1. The van der Waals surface area contributed by atoms with Crippen molar-refractivity contribution in [2.45, 2.75) is 54.9 Å². The number of hydrogen-bond acceptors (Lipinski definition) is 6. The molecule has 2 aliphatic heterocycles. The molecule has 2 aromatic carbocycles. The molecule has 0 saturated carbocycles. The Balaban J connectivity index is 1.50. The van der Waals surface area contributed by atoms with Crippen molar-refractivity contribution in [2.75, 3.05) is 19.6 Å². The lowest BCUT2D eigenvalue weighted by molar-refractivity contribution is -0.276. The summed E-state index contributed by atoms with van der Waals surface area (Å²) in [7, 11) is 0. The zero-order chi connectivity index (χ0) is 25.9. The average molecular weight is 558 g/mol. The van der Waals surface area contributed by atoms with Crippen molar-refractivity contribution in [3.63, 3.8) is 0 Å². The van der Waals surface area contributed by atoms with E-state index in [9.17, 15) is 15.0 Å². The molecule has 3 N–H and O–H groups in total. The fourth-order valence-electron chi connectivity index (χ4n) is 4.64. The van der Waals surface area contributed by atoms with Gasteiger partial charge in [-0.15, -0.1) is 0 Å². The second kappa shape index (κ2) is 12.0. The number of aliphatic hydroxyl groups is 2. The fraction of sp³-hybridized carbons (Fsp3) is 0.500. The Morgan fingerprint density at radius 2 is 1.69 bits per heavy atom. The van der Waals surface area contributed by atoms with E-state index in [4.69, 9.17) is 44.3 Å². The molecule has 196 valence electrons. The molecule has 10 heteroatoms. The van der Waals surface area contributed by atoms with Crippen LogP contribution in [0.3, 0.4) is 0 Å². The second-order valence-electron chi connectivity index (χ2n) is 9.45. The number of rotatable bonds is 7. The number of alkyl halides is 3. The van der Waals surface area contributed by atoms with Gasteiger partial charge in [-0.1, -0.05) is 90.3 Å².